The first-order chi connectivity index (χ1) is 10.3. The van der Waals surface area contributed by atoms with Gasteiger partial charge in [0.05, 0.1) is 0 Å². The van der Waals surface area contributed by atoms with E-state index >= 15 is 0 Å². The number of para-hydroxylation sites is 1. The van der Waals surface area contributed by atoms with E-state index in [0.29, 0.717) is 13.0 Å². The van der Waals surface area contributed by atoms with E-state index in [-0.39, 0.29) is 11.8 Å². The fraction of sp³-hybridized carbons (Fsp3) is 0.167. The molecule has 1 aliphatic heterocycles. The van der Waals surface area contributed by atoms with Gasteiger partial charge in [-0.05, 0) is 18.2 Å². The van der Waals surface area contributed by atoms with Crippen molar-refractivity contribution in [2.45, 2.75) is 6.42 Å². The fourth-order valence-electron chi connectivity index (χ4n) is 2.95. The first-order valence-corrected chi connectivity index (χ1v) is 6.94. The van der Waals surface area contributed by atoms with Gasteiger partial charge in [0.1, 0.15) is 11.2 Å². The van der Waals surface area contributed by atoms with Gasteiger partial charge in [-0.15, -0.1) is 12.3 Å². The molecule has 1 aromatic heterocycles. The Bertz CT molecular complexity index is 900. The third-order valence-corrected chi connectivity index (χ3v) is 4.03. The topological polar surface area (TPSA) is 33.5 Å². The molecular weight excluding hydrogens is 262 g/mol. The van der Waals surface area contributed by atoms with Crippen molar-refractivity contribution in [3.8, 4) is 12.3 Å². The zero-order valence-electron chi connectivity index (χ0n) is 11.4. The molecule has 1 unspecified atom stereocenters. The Labute approximate surface area is 122 Å². The number of hydrogen-bond acceptors (Lipinski definition) is 2. The lowest BCUT2D eigenvalue weighted by Gasteiger charge is -2.15. The van der Waals surface area contributed by atoms with E-state index < -0.39 is 0 Å². The predicted molar refractivity (Wildman–Crippen MR) is 83.0 cm³/mol. The van der Waals surface area contributed by atoms with Gasteiger partial charge in [-0.2, -0.15) is 0 Å². The second-order valence-electron chi connectivity index (χ2n) is 5.35. The minimum atomic E-state index is 0.00358. The summed E-state index contributed by atoms with van der Waals surface area (Å²) in [7, 11) is 0. The summed E-state index contributed by atoms with van der Waals surface area (Å²) in [6.07, 6.45) is 5.86. The molecule has 1 amide bonds. The van der Waals surface area contributed by atoms with E-state index in [9.17, 15) is 4.79 Å². The summed E-state index contributed by atoms with van der Waals surface area (Å²) in [5.41, 5.74) is 2.51. The van der Waals surface area contributed by atoms with Crippen molar-refractivity contribution < 1.29 is 9.21 Å². The highest BCUT2D eigenvalue weighted by atomic mass is 16.3. The Balaban J connectivity index is 1.83. The first kappa shape index (κ1) is 12.0. The summed E-state index contributed by atoms with van der Waals surface area (Å²) in [4.78, 5) is 13.8. The van der Waals surface area contributed by atoms with E-state index in [2.05, 4.69) is 5.92 Å². The lowest BCUT2D eigenvalue weighted by Crippen LogP contribution is -2.24. The molecule has 1 aliphatic rings. The van der Waals surface area contributed by atoms with Crippen LogP contribution in [0.2, 0.25) is 0 Å². The summed E-state index contributed by atoms with van der Waals surface area (Å²) in [5, 5.41) is 2.16. The number of anilines is 1. The number of terminal acetylenes is 1. The van der Waals surface area contributed by atoms with Gasteiger partial charge in [0.15, 0.2) is 0 Å². The standard InChI is InChI=1S/C18H13NO2/c1-2-12-9-18(20)19(11-12)13-7-8-15-14-5-3-4-6-16(14)21-17(15)10-13/h1,3-8,10,12H,9,11H2. The van der Waals surface area contributed by atoms with Crippen LogP contribution in [0.15, 0.2) is 46.9 Å². The third kappa shape index (κ3) is 1.80. The van der Waals surface area contributed by atoms with Crippen LogP contribution in [0.1, 0.15) is 6.42 Å². The zero-order chi connectivity index (χ0) is 14.4. The number of carbonyl (C=O) groups is 1. The van der Waals surface area contributed by atoms with E-state index in [1.807, 2.05) is 42.5 Å². The highest BCUT2D eigenvalue weighted by Crippen LogP contribution is 2.33. The van der Waals surface area contributed by atoms with Gasteiger partial charge in [-0.3, -0.25) is 4.79 Å². The summed E-state index contributed by atoms with van der Waals surface area (Å²) in [6, 6.07) is 13.8. The highest BCUT2D eigenvalue weighted by molar-refractivity contribution is 6.07. The van der Waals surface area contributed by atoms with Gasteiger partial charge in [0.25, 0.3) is 0 Å². The van der Waals surface area contributed by atoms with Gasteiger partial charge in [-0.1, -0.05) is 18.2 Å². The number of hydrogen-bond donors (Lipinski definition) is 0. The van der Waals surface area contributed by atoms with E-state index in [4.69, 9.17) is 10.8 Å². The molecule has 0 spiro atoms. The molecule has 3 heteroatoms. The Morgan fingerprint density at radius 3 is 2.76 bits per heavy atom. The second-order valence-corrected chi connectivity index (χ2v) is 5.35. The maximum Gasteiger partial charge on any atom is 0.228 e. The molecule has 0 N–H and O–H groups in total. The average molecular weight is 275 g/mol. The van der Waals surface area contributed by atoms with Crippen LogP contribution >= 0.6 is 0 Å². The fourth-order valence-corrected chi connectivity index (χ4v) is 2.95. The average Bonchev–Trinajstić information content (AvgIpc) is 3.06. The van der Waals surface area contributed by atoms with Crippen LogP contribution in [0.3, 0.4) is 0 Å². The van der Waals surface area contributed by atoms with Crippen molar-refractivity contribution in [3.63, 3.8) is 0 Å². The molecule has 0 saturated carbocycles. The van der Waals surface area contributed by atoms with Crippen molar-refractivity contribution in [2.75, 3.05) is 11.4 Å². The summed E-state index contributed by atoms with van der Waals surface area (Å²) >= 11 is 0. The number of nitrogens with zero attached hydrogens (tertiary/aromatic N) is 1. The molecular formula is C18H13NO2. The molecule has 0 radical (unpaired) electrons. The maximum absolute atomic E-state index is 12.1. The van der Waals surface area contributed by atoms with Gasteiger partial charge in [-0.25, -0.2) is 0 Å². The van der Waals surface area contributed by atoms with E-state index in [1.165, 1.54) is 0 Å². The number of furan rings is 1. The molecule has 21 heavy (non-hydrogen) atoms. The molecule has 3 nitrogen and oxygen atoms in total. The number of benzene rings is 2. The van der Waals surface area contributed by atoms with Crippen LogP contribution < -0.4 is 4.90 Å². The minimum Gasteiger partial charge on any atom is -0.456 e. The van der Waals surface area contributed by atoms with Crippen molar-refractivity contribution in [1.82, 2.24) is 0 Å². The Morgan fingerprint density at radius 1 is 1.14 bits per heavy atom. The normalized spacial score (nSPS) is 18.5. The molecule has 2 heterocycles. The number of amides is 1. The van der Waals surface area contributed by atoms with Gasteiger partial charge in [0.2, 0.25) is 5.91 Å². The molecule has 1 atom stereocenters. The van der Waals surface area contributed by atoms with Crippen LogP contribution in [0.5, 0.6) is 0 Å². The smallest absolute Gasteiger partial charge is 0.228 e. The molecule has 0 aliphatic carbocycles. The summed E-state index contributed by atoms with van der Waals surface area (Å²) in [6.45, 7) is 0.584. The quantitative estimate of drug-likeness (QED) is 0.636. The van der Waals surface area contributed by atoms with Gasteiger partial charge in [0, 0.05) is 41.4 Å². The Hall–Kier alpha value is -2.73. The molecule has 4 rings (SSSR count). The highest BCUT2D eigenvalue weighted by Gasteiger charge is 2.29. The number of rotatable bonds is 1. The van der Waals surface area contributed by atoms with Crippen molar-refractivity contribution in [1.29, 1.82) is 0 Å². The first-order valence-electron chi connectivity index (χ1n) is 6.94. The molecule has 102 valence electrons. The summed E-state index contributed by atoms with van der Waals surface area (Å²) < 4.78 is 5.86. The summed E-state index contributed by atoms with van der Waals surface area (Å²) in [5.74, 6) is 2.75. The third-order valence-electron chi connectivity index (χ3n) is 4.03. The minimum absolute atomic E-state index is 0.00358. The lowest BCUT2D eigenvalue weighted by molar-refractivity contribution is -0.117. The maximum atomic E-state index is 12.1. The zero-order valence-corrected chi connectivity index (χ0v) is 11.4. The monoisotopic (exact) mass is 275 g/mol. The van der Waals surface area contributed by atoms with E-state index in [1.54, 1.807) is 4.90 Å². The van der Waals surface area contributed by atoms with Crippen LogP contribution in [-0.2, 0) is 4.79 Å². The van der Waals surface area contributed by atoms with Crippen LogP contribution in [-0.4, -0.2) is 12.5 Å². The SMILES string of the molecule is C#CC1CC(=O)N(c2ccc3c(c2)oc2ccccc23)C1. The largest absolute Gasteiger partial charge is 0.456 e. The van der Waals surface area contributed by atoms with Crippen molar-refractivity contribution >= 4 is 33.5 Å². The molecule has 1 fully saturated rings. The second kappa shape index (κ2) is 4.39. The van der Waals surface area contributed by atoms with Crippen molar-refractivity contribution in [2.24, 2.45) is 5.92 Å². The Kier molecular flexibility index (Phi) is 2.52. The van der Waals surface area contributed by atoms with Gasteiger partial charge >= 0.3 is 0 Å². The lowest BCUT2D eigenvalue weighted by atomic mass is 10.1. The van der Waals surface area contributed by atoms with Crippen molar-refractivity contribution in [3.05, 3.63) is 42.5 Å². The van der Waals surface area contributed by atoms with E-state index in [0.717, 1.165) is 27.6 Å². The number of fused-ring (bicyclic) bond motifs is 3. The molecule has 1 saturated heterocycles. The van der Waals surface area contributed by atoms with Crippen LogP contribution in [0.25, 0.3) is 21.9 Å². The molecule has 0 bridgehead atoms. The molecule has 2 aromatic carbocycles. The Morgan fingerprint density at radius 2 is 1.95 bits per heavy atom. The van der Waals surface area contributed by atoms with Crippen LogP contribution in [0.4, 0.5) is 5.69 Å². The van der Waals surface area contributed by atoms with Gasteiger partial charge < -0.3 is 9.32 Å². The predicted octanol–water partition coefficient (Wildman–Crippen LogP) is 3.57. The van der Waals surface area contributed by atoms with Crippen LogP contribution in [0, 0.1) is 18.3 Å². The molecule has 3 aromatic rings. The number of carbonyl (C=O) groups excluding carboxylic acids is 1.